The first kappa shape index (κ1) is 45.0. The number of ether oxygens (including phenoxy) is 4. The van der Waals surface area contributed by atoms with Crippen molar-refractivity contribution in [3.63, 3.8) is 0 Å². The number of benzene rings is 3. The van der Waals surface area contributed by atoms with Crippen molar-refractivity contribution in [1.29, 1.82) is 0 Å². The van der Waals surface area contributed by atoms with E-state index in [0.29, 0.717) is 59.7 Å². The zero-order chi connectivity index (χ0) is 44.1. The van der Waals surface area contributed by atoms with Gasteiger partial charge in [-0.25, -0.2) is 8.42 Å². The Hall–Kier alpha value is -4.63. The Morgan fingerprint density at radius 2 is 1.75 bits per heavy atom. The average Bonchev–Trinajstić information content (AvgIpc) is 3.30. The third-order valence-electron chi connectivity index (χ3n) is 13.5. The third kappa shape index (κ3) is 9.06. The van der Waals surface area contributed by atoms with Gasteiger partial charge in [0.05, 0.1) is 36.4 Å². The van der Waals surface area contributed by atoms with E-state index in [4.69, 9.17) is 28.9 Å². The Morgan fingerprint density at radius 1 is 0.968 bits per heavy atom. The first-order valence-electron chi connectivity index (χ1n) is 22.5. The Morgan fingerprint density at radius 3 is 2.51 bits per heavy atom. The van der Waals surface area contributed by atoms with E-state index in [-0.39, 0.29) is 48.9 Å². The number of nitrogens with zero attached hydrogens (tertiary/aromatic N) is 3. The Balaban J connectivity index is 1.34. The normalized spacial score (nSPS) is 26.1. The minimum absolute atomic E-state index is 0.00185. The van der Waals surface area contributed by atoms with Gasteiger partial charge in [-0.15, -0.1) is 6.58 Å². The van der Waals surface area contributed by atoms with E-state index in [0.717, 1.165) is 55.2 Å². The molecule has 1 saturated heterocycles. The maximum Gasteiger partial charge on any atom is 0.245 e. The smallest absolute Gasteiger partial charge is 0.245 e. The van der Waals surface area contributed by atoms with Crippen LogP contribution in [0.5, 0.6) is 17.2 Å². The molecule has 0 bridgehead atoms. The molecule has 7 atom stereocenters. The number of aliphatic hydroxyl groups excluding tert-OH is 2. The maximum absolute atomic E-state index is 15.2. The molecule has 0 amide bonds. The molecule has 2 fully saturated rings. The van der Waals surface area contributed by atoms with E-state index < -0.39 is 34.1 Å². The van der Waals surface area contributed by atoms with E-state index in [2.05, 4.69) is 37.6 Å². The molecule has 1 aromatic heterocycles. The van der Waals surface area contributed by atoms with Gasteiger partial charge >= 0.3 is 0 Å². The van der Waals surface area contributed by atoms with Crippen LogP contribution in [-0.2, 0) is 24.3 Å². The summed E-state index contributed by atoms with van der Waals surface area (Å²) >= 11 is 0. The van der Waals surface area contributed by atoms with Crippen LogP contribution in [0.2, 0.25) is 0 Å². The first-order valence-corrected chi connectivity index (χ1v) is 24.0. The first-order chi connectivity index (χ1) is 30.6. The van der Waals surface area contributed by atoms with Crippen LogP contribution in [-0.4, -0.2) is 85.2 Å². The molecule has 8 rings (SSSR count). The largest absolute Gasteiger partial charge is 0.460 e. The molecule has 336 valence electrons. The van der Waals surface area contributed by atoms with Gasteiger partial charge in [-0.2, -0.15) is 4.31 Å². The number of pyridine rings is 1. The molecule has 4 aliphatic rings. The summed E-state index contributed by atoms with van der Waals surface area (Å²) in [6.07, 6.45) is 12.2. The molecule has 1 saturated carbocycles. The molecular formula is C50H61N3O9S. The molecule has 2 N–H and O–H groups in total. The second-order valence-corrected chi connectivity index (χ2v) is 19.3. The lowest BCUT2D eigenvalue weighted by molar-refractivity contribution is -0.250. The molecule has 4 aromatic rings. The van der Waals surface area contributed by atoms with Crippen LogP contribution in [0.1, 0.15) is 86.8 Å². The quantitative estimate of drug-likeness (QED) is 0.0563. The number of fused-ring (bicyclic) bond motifs is 3. The van der Waals surface area contributed by atoms with Gasteiger partial charge in [0.25, 0.3) is 0 Å². The van der Waals surface area contributed by atoms with Crippen LogP contribution in [0.3, 0.4) is 0 Å². The van der Waals surface area contributed by atoms with Crippen molar-refractivity contribution in [3.8, 4) is 17.2 Å². The topological polar surface area (TPSA) is 149 Å². The van der Waals surface area contributed by atoms with Crippen LogP contribution in [0.25, 0.3) is 10.9 Å². The molecule has 12 nitrogen and oxygen atoms in total. The number of hydrogen-bond acceptors (Lipinski definition) is 11. The van der Waals surface area contributed by atoms with Crippen LogP contribution >= 0.6 is 0 Å². The monoisotopic (exact) mass is 879 g/mol. The van der Waals surface area contributed by atoms with Crippen molar-refractivity contribution in [3.05, 3.63) is 114 Å². The molecule has 2 aliphatic heterocycles. The Kier molecular flexibility index (Phi) is 14.0. The van der Waals surface area contributed by atoms with Crippen molar-refractivity contribution in [2.45, 2.75) is 107 Å². The highest BCUT2D eigenvalue weighted by Crippen LogP contribution is 2.62. The van der Waals surface area contributed by atoms with Crippen molar-refractivity contribution in [2.24, 2.45) is 22.9 Å². The van der Waals surface area contributed by atoms with Crippen molar-refractivity contribution >= 4 is 26.6 Å². The number of aromatic nitrogens is 1. The van der Waals surface area contributed by atoms with Crippen LogP contribution < -0.4 is 9.47 Å². The number of hydrogen-bond donors (Lipinski definition) is 2. The van der Waals surface area contributed by atoms with Gasteiger partial charge < -0.3 is 34.0 Å². The number of unbranched alkanes of at least 4 members (excludes halogenated alkanes) is 2. The number of oxime groups is 1. The van der Waals surface area contributed by atoms with Crippen molar-refractivity contribution in [2.75, 3.05) is 33.5 Å². The molecule has 3 heterocycles. The highest BCUT2D eigenvalue weighted by Gasteiger charge is 2.66. The lowest BCUT2D eigenvalue weighted by Crippen LogP contribution is -2.69. The fraction of sp³-hybridized carbons (Fsp3) is 0.480. The van der Waals surface area contributed by atoms with E-state index in [1.54, 1.807) is 37.5 Å². The summed E-state index contributed by atoms with van der Waals surface area (Å²) in [5.74, 6) is -0.459. The SMILES string of the molecule is C=CCO[C@@]12Oc3ccc(Oc4ccc(C)c(C)c4)cc3[C@H]3[C@H](CCCCO)[C@@H](CCCCO)C=C(C(=NOC4CCCCO4)C[C@@H]1N(C)S(=O)(=O)c1cccc4cccnc14)[C@H]32. The lowest BCUT2D eigenvalue weighted by atomic mass is 9.55. The number of sulfonamides is 1. The fourth-order valence-corrected chi connectivity index (χ4v) is 11.7. The Bertz CT molecular complexity index is 2430. The third-order valence-corrected chi connectivity index (χ3v) is 15.4. The predicted octanol–water partition coefficient (Wildman–Crippen LogP) is 9.12. The van der Waals surface area contributed by atoms with Crippen molar-refractivity contribution < 1.29 is 42.4 Å². The van der Waals surface area contributed by atoms with Gasteiger partial charge in [0, 0.05) is 56.2 Å². The maximum atomic E-state index is 15.2. The van der Waals surface area contributed by atoms with E-state index in [9.17, 15) is 10.2 Å². The number of likely N-dealkylation sites (N-methyl/N-ethyl adjacent to an activating group) is 1. The molecule has 0 spiro atoms. The molecule has 2 aliphatic carbocycles. The zero-order valence-electron chi connectivity index (χ0n) is 36.7. The van der Waals surface area contributed by atoms with Gasteiger partial charge in [-0.3, -0.25) is 4.98 Å². The number of rotatable bonds is 18. The van der Waals surface area contributed by atoms with Crippen LogP contribution in [0.15, 0.2) is 107 Å². The summed E-state index contributed by atoms with van der Waals surface area (Å²) in [6, 6.07) is 19.8. The highest BCUT2D eigenvalue weighted by molar-refractivity contribution is 7.89. The number of aliphatic hydroxyl groups is 2. The predicted molar refractivity (Wildman–Crippen MR) is 242 cm³/mol. The molecular weight excluding hydrogens is 819 g/mol. The minimum atomic E-state index is -4.27. The number of allylic oxidation sites excluding steroid dienone is 1. The number of para-hydroxylation sites is 1. The number of aryl methyl sites for hydroxylation is 2. The van der Waals surface area contributed by atoms with Gasteiger partial charge in [-0.1, -0.05) is 54.4 Å². The minimum Gasteiger partial charge on any atom is -0.460 e. The molecule has 0 radical (unpaired) electrons. The standard InChI is InChI=1S/C50H61N3O9S/c1-5-27-59-50-45(53(4)63(56,57)44-18-12-15-35-16-13-24-51-49(35)44)32-42(52-62-46-19-8-11-28-58-46)40-30-36(14-6-9-25-54)39(17-7-10-26-55)47(48(40)50)41-31-38(22-23-43(41)61-50)60-37-21-20-33(2)34(3)29-37/h5,12-13,15-16,18,20-24,29-31,36,39,45-48,54-55H,1,6-11,14,17,19,25-28,32H2,2-4H3/t36-,39+,45-,46?,47+,48+,50+/m0/s1. The summed E-state index contributed by atoms with van der Waals surface area (Å²) in [7, 11) is -2.68. The van der Waals surface area contributed by atoms with Gasteiger partial charge in [0.2, 0.25) is 22.1 Å². The second-order valence-electron chi connectivity index (χ2n) is 17.4. The van der Waals surface area contributed by atoms with Crippen LogP contribution in [0.4, 0.5) is 0 Å². The molecule has 13 heteroatoms. The second kappa shape index (κ2) is 19.6. The summed E-state index contributed by atoms with van der Waals surface area (Å²) in [5, 5.41) is 25.5. The summed E-state index contributed by atoms with van der Waals surface area (Å²) in [6.45, 7) is 8.97. The lowest BCUT2D eigenvalue weighted by Gasteiger charge is -2.59. The Labute approximate surface area is 371 Å². The highest BCUT2D eigenvalue weighted by atomic mass is 32.2. The van der Waals surface area contributed by atoms with Gasteiger partial charge in [0.15, 0.2) is 0 Å². The van der Waals surface area contributed by atoms with E-state index in [1.165, 1.54) is 9.87 Å². The van der Waals surface area contributed by atoms with Crippen LogP contribution in [0, 0.1) is 31.6 Å². The summed E-state index contributed by atoms with van der Waals surface area (Å²) in [4.78, 5) is 10.9. The summed E-state index contributed by atoms with van der Waals surface area (Å²) in [5.41, 5.74) is 5.07. The van der Waals surface area contributed by atoms with Gasteiger partial charge in [-0.05, 0) is 123 Å². The van der Waals surface area contributed by atoms with E-state index in [1.807, 2.05) is 42.5 Å². The van der Waals surface area contributed by atoms with Gasteiger partial charge in [0.1, 0.15) is 22.1 Å². The molecule has 63 heavy (non-hydrogen) atoms. The summed E-state index contributed by atoms with van der Waals surface area (Å²) < 4.78 is 58.8. The molecule has 1 unspecified atom stereocenters. The van der Waals surface area contributed by atoms with Crippen molar-refractivity contribution in [1.82, 2.24) is 9.29 Å². The molecule has 3 aromatic carbocycles. The van der Waals surface area contributed by atoms with E-state index >= 15 is 8.42 Å². The zero-order valence-corrected chi connectivity index (χ0v) is 37.5. The fourth-order valence-electron chi connectivity index (χ4n) is 10.2. The average molecular weight is 880 g/mol.